The van der Waals surface area contributed by atoms with E-state index in [0.717, 1.165) is 17.5 Å². The maximum atomic E-state index is 10.8. The minimum Gasteiger partial charge on any atom is -0.443 e. The average Bonchev–Trinajstić information content (AvgIpc) is 2.45. The molecule has 0 aliphatic carbocycles. The van der Waals surface area contributed by atoms with Crippen LogP contribution < -0.4 is 5.32 Å². The van der Waals surface area contributed by atoms with Crippen LogP contribution in [0.1, 0.15) is 5.56 Å². The standard InChI is InChI=1S/C8H7NO.CHNO/c10-8-5-6-3-1-2-4-7(6)9-8;2-1-3/h1-4H,5H2,(H,9,10);3H. The number of aliphatic hydroxyl groups excluding tert-OH is 1. The van der Waals surface area contributed by atoms with Crippen molar-refractivity contribution in [2.45, 2.75) is 6.42 Å². The van der Waals surface area contributed by atoms with Crippen LogP contribution in [0.25, 0.3) is 0 Å². The third-order valence-electron chi connectivity index (χ3n) is 1.64. The van der Waals surface area contributed by atoms with Crippen molar-refractivity contribution < 1.29 is 9.90 Å². The number of carbonyl (C=O) groups is 1. The van der Waals surface area contributed by atoms with Gasteiger partial charge in [0.25, 0.3) is 6.26 Å². The minimum atomic E-state index is 0.0983. The number of aliphatic hydroxyl groups is 1. The third-order valence-corrected chi connectivity index (χ3v) is 1.64. The molecule has 0 saturated carbocycles. The summed E-state index contributed by atoms with van der Waals surface area (Å²) in [4.78, 5) is 10.8. The summed E-state index contributed by atoms with van der Waals surface area (Å²) in [5.41, 5.74) is 2.07. The fourth-order valence-corrected chi connectivity index (χ4v) is 1.16. The Morgan fingerprint density at radius 2 is 2.08 bits per heavy atom. The zero-order chi connectivity index (χ0) is 9.68. The lowest BCUT2D eigenvalue weighted by molar-refractivity contribution is -0.115. The van der Waals surface area contributed by atoms with E-state index in [-0.39, 0.29) is 5.91 Å². The fraction of sp³-hybridized carbons (Fsp3) is 0.111. The van der Waals surface area contributed by atoms with E-state index in [1.54, 1.807) is 0 Å². The number of nitriles is 1. The summed E-state index contributed by atoms with van der Waals surface area (Å²) < 4.78 is 0. The first kappa shape index (κ1) is 9.07. The average molecular weight is 176 g/mol. The van der Waals surface area contributed by atoms with Gasteiger partial charge in [0, 0.05) is 5.69 Å². The van der Waals surface area contributed by atoms with Gasteiger partial charge in [-0.3, -0.25) is 4.79 Å². The van der Waals surface area contributed by atoms with Crippen LogP contribution in [-0.4, -0.2) is 11.0 Å². The molecule has 1 aliphatic heterocycles. The molecule has 1 amide bonds. The van der Waals surface area contributed by atoms with Gasteiger partial charge < -0.3 is 10.4 Å². The second-order valence-corrected chi connectivity index (χ2v) is 2.48. The molecule has 4 nitrogen and oxygen atoms in total. The largest absolute Gasteiger partial charge is 0.443 e. The van der Waals surface area contributed by atoms with Crippen LogP contribution in [0.15, 0.2) is 24.3 Å². The van der Waals surface area contributed by atoms with Crippen molar-refractivity contribution >= 4 is 11.6 Å². The van der Waals surface area contributed by atoms with Gasteiger partial charge in [-0.1, -0.05) is 18.2 Å². The molecule has 1 heterocycles. The molecule has 2 rings (SSSR count). The van der Waals surface area contributed by atoms with E-state index in [1.807, 2.05) is 24.3 Å². The van der Waals surface area contributed by atoms with Crippen molar-refractivity contribution in [2.24, 2.45) is 0 Å². The Balaban J connectivity index is 0.000000251. The number of hydrogen-bond acceptors (Lipinski definition) is 3. The van der Waals surface area contributed by atoms with E-state index in [4.69, 9.17) is 10.4 Å². The fourth-order valence-electron chi connectivity index (χ4n) is 1.16. The molecular formula is C9H8N2O2. The molecule has 0 radical (unpaired) electrons. The summed E-state index contributed by atoms with van der Waals surface area (Å²) in [6.45, 7) is 0. The molecule has 2 N–H and O–H groups in total. The number of carbonyl (C=O) groups excluding carboxylic acids is 1. The van der Waals surface area contributed by atoms with Gasteiger partial charge in [0.15, 0.2) is 0 Å². The summed E-state index contributed by atoms with van der Waals surface area (Å²) in [5.74, 6) is 0.0983. The van der Waals surface area contributed by atoms with Crippen molar-refractivity contribution in [2.75, 3.05) is 5.32 Å². The smallest absolute Gasteiger partial charge is 0.283 e. The van der Waals surface area contributed by atoms with Crippen LogP contribution in [0.2, 0.25) is 0 Å². The van der Waals surface area contributed by atoms with Gasteiger partial charge in [-0.05, 0) is 11.6 Å². The van der Waals surface area contributed by atoms with Crippen molar-refractivity contribution in [3.8, 4) is 6.26 Å². The van der Waals surface area contributed by atoms with Gasteiger partial charge in [-0.2, -0.15) is 5.26 Å². The van der Waals surface area contributed by atoms with E-state index in [2.05, 4.69) is 5.32 Å². The number of fused-ring (bicyclic) bond motifs is 1. The molecule has 0 saturated heterocycles. The highest BCUT2D eigenvalue weighted by Crippen LogP contribution is 2.20. The maximum Gasteiger partial charge on any atom is 0.283 e. The van der Waals surface area contributed by atoms with Gasteiger partial charge in [0.2, 0.25) is 5.91 Å². The van der Waals surface area contributed by atoms with Gasteiger partial charge >= 0.3 is 0 Å². The Bertz CT molecular complexity index is 328. The Morgan fingerprint density at radius 1 is 1.46 bits per heavy atom. The van der Waals surface area contributed by atoms with Crippen molar-refractivity contribution in [1.29, 1.82) is 5.26 Å². The number of rotatable bonds is 0. The summed E-state index contributed by atoms with van der Waals surface area (Å²) >= 11 is 0. The molecular weight excluding hydrogens is 168 g/mol. The molecule has 0 aromatic heterocycles. The first-order chi connectivity index (χ1) is 6.27. The second-order valence-electron chi connectivity index (χ2n) is 2.48. The lowest BCUT2D eigenvalue weighted by Crippen LogP contribution is -2.03. The molecule has 0 fully saturated rings. The van der Waals surface area contributed by atoms with Gasteiger partial charge in [-0.15, -0.1) is 0 Å². The maximum absolute atomic E-state index is 10.8. The summed E-state index contributed by atoms with van der Waals surface area (Å²) in [7, 11) is 0. The van der Waals surface area contributed by atoms with E-state index in [1.165, 1.54) is 0 Å². The van der Waals surface area contributed by atoms with Gasteiger partial charge in [-0.25, -0.2) is 0 Å². The molecule has 1 aromatic carbocycles. The Hall–Kier alpha value is -2.02. The van der Waals surface area contributed by atoms with Crippen molar-refractivity contribution in [3.05, 3.63) is 29.8 Å². The molecule has 0 unspecified atom stereocenters. The molecule has 66 valence electrons. The van der Waals surface area contributed by atoms with Gasteiger partial charge in [0.1, 0.15) is 0 Å². The second kappa shape index (κ2) is 4.12. The minimum absolute atomic E-state index is 0.0983. The molecule has 0 atom stereocenters. The SMILES string of the molecule is N#CO.O=C1Cc2ccccc2N1. The Labute approximate surface area is 75.4 Å². The lowest BCUT2D eigenvalue weighted by atomic mass is 10.2. The highest BCUT2D eigenvalue weighted by atomic mass is 16.2. The first-order valence-electron chi connectivity index (χ1n) is 3.69. The van der Waals surface area contributed by atoms with E-state index in [9.17, 15) is 4.79 Å². The Kier molecular flexibility index (Phi) is 2.87. The van der Waals surface area contributed by atoms with Crippen LogP contribution in [-0.2, 0) is 11.2 Å². The highest BCUT2D eigenvalue weighted by molar-refractivity contribution is 5.98. The zero-order valence-electron chi connectivity index (χ0n) is 6.82. The number of para-hydroxylation sites is 1. The highest BCUT2D eigenvalue weighted by Gasteiger charge is 2.15. The van der Waals surface area contributed by atoms with Crippen molar-refractivity contribution in [1.82, 2.24) is 0 Å². The summed E-state index contributed by atoms with van der Waals surface area (Å²) in [6, 6.07) is 7.75. The topological polar surface area (TPSA) is 73.1 Å². The van der Waals surface area contributed by atoms with Crippen LogP contribution in [0.5, 0.6) is 0 Å². The van der Waals surface area contributed by atoms with Gasteiger partial charge in [0.05, 0.1) is 6.42 Å². The first-order valence-corrected chi connectivity index (χ1v) is 3.69. The predicted molar refractivity (Wildman–Crippen MR) is 46.3 cm³/mol. The summed E-state index contributed by atoms with van der Waals surface area (Å²) in [5, 5.41) is 16.5. The monoisotopic (exact) mass is 176 g/mol. The zero-order valence-corrected chi connectivity index (χ0v) is 6.82. The predicted octanol–water partition coefficient (Wildman–Crippen LogP) is 1.02. The van der Waals surface area contributed by atoms with E-state index < -0.39 is 0 Å². The summed E-state index contributed by atoms with van der Waals surface area (Å²) in [6.07, 6.45) is 1.29. The van der Waals surface area contributed by atoms with Crippen LogP contribution in [0.4, 0.5) is 5.69 Å². The lowest BCUT2D eigenvalue weighted by Gasteiger charge is -1.93. The van der Waals surface area contributed by atoms with Crippen LogP contribution >= 0.6 is 0 Å². The number of hydrogen-bond donors (Lipinski definition) is 2. The number of nitrogens with one attached hydrogen (secondary N) is 1. The number of benzene rings is 1. The molecule has 0 spiro atoms. The molecule has 4 heteroatoms. The quantitative estimate of drug-likeness (QED) is 0.579. The molecule has 1 aromatic rings. The van der Waals surface area contributed by atoms with E-state index >= 15 is 0 Å². The van der Waals surface area contributed by atoms with Crippen LogP contribution in [0.3, 0.4) is 0 Å². The van der Waals surface area contributed by atoms with Crippen molar-refractivity contribution in [3.63, 3.8) is 0 Å². The molecule has 1 aliphatic rings. The third kappa shape index (κ3) is 2.20. The molecule has 0 bridgehead atoms. The molecule has 13 heavy (non-hydrogen) atoms. The normalized spacial score (nSPS) is 11.8. The number of nitrogens with zero attached hydrogens (tertiary/aromatic N) is 1. The Morgan fingerprint density at radius 3 is 2.69 bits per heavy atom. The number of anilines is 1. The number of amides is 1. The van der Waals surface area contributed by atoms with Crippen LogP contribution in [0, 0.1) is 11.5 Å². The van der Waals surface area contributed by atoms with E-state index in [0.29, 0.717) is 6.42 Å².